The Morgan fingerprint density at radius 3 is 2.89 bits per heavy atom. The second-order valence-electron chi connectivity index (χ2n) is 3.44. The van der Waals surface area contributed by atoms with Crippen LogP contribution in [0.25, 0.3) is 0 Å². The van der Waals surface area contributed by atoms with E-state index >= 15 is 0 Å². The first-order valence-electron chi connectivity index (χ1n) is 5.13. The highest BCUT2D eigenvalue weighted by Gasteiger charge is 2.03. The Balaban J connectivity index is 2.01. The van der Waals surface area contributed by atoms with E-state index in [1.807, 2.05) is 12.1 Å². The third-order valence-corrected chi connectivity index (χ3v) is 2.97. The number of anilines is 1. The van der Waals surface area contributed by atoms with Crippen LogP contribution in [0.4, 0.5) is 5.69 Å². The number of carbonyl (C=O) groups is 1. The van der Waals surface area contributed by atoms with E-state index in [1.54, 1.807) is 18.2 Å². The Morgan fingerprint density at radius 2 is 2.22 bits per heavy atom. The minimum Gasteiger partial charge on any atom is -0.461 e. The Bertz CT molecular complexity index is 579. The molecule has 5 heteroatoms. The van der Waals surface area contributed by atoms with Gasteiger partial charge in [0.25, 0.3) is 0 Å². The van der Waals surface area contributed by atoms with Gasteiger partial charge in [-0.25, -0.2) is 0 Å². The van der Waals surface area contributed by atoms with Crippen molar-refractivity contribution in [3.05, 3.63) is 64.1 Å². The number of ketones is 1. The van der Waals surface area contributed by atoms with E-state index in [1.165, 1.54) is 18.5 Å². The lowest BCUT2D eigenvalue weighted by Gasteiger charge is -2.03. The number of carbonyl (C=O) groups excluding carboxylic acids is 1. The van der Waals surface area contributed by atoms with E-state index in [0.717, 1.165) is 10.2 Å². The molecule has 2 rings (SSSR count). The maximum absolute atomic E-state index is 11.6. The zero-order valence-corrected chi connectivity index (χ0v) is 11.5. The summed E-state index contributed by atoms with van der Waals surface area (Å²) in [5.41, 5.74) is 0.725. The molecule has 0 unspecified atom stereocenters. The van der Waals surface area contributed by atoms with Crippen molar-refractivity contribution in [1.82, 2.24) is 0 Å². The van der Waals surface area contributed by atoms with Crippen LogP contribution in [0.15, 0.2) is 57.8 Å². The summed E-state index contributed by atoms with van der Waals surface area (Å²) in [6.45, 7) is 0. The van der Waals surface area contributed by atoms with Crippen LogP contribution in [0, 0.1) is 0 Å². The molecule has 0 aliphatic rings. The molecular weight excluding hydrogens is 318 g/mol. The summed E-state index contributed by atoms with van der Waals surface area (Å²) in [5.74, 6) is 0.0932. The quantitative estimate of drug-likeness (QED) is 0.664. The highest BCUT2D eigenvalue weighted by Crippen LogP contribution is 2.25. The molecule has 3 nitrogen and oxygen atoms in total. The van der Waals surface area contributed by atoms with Crippen molar-refractivity contribution in [3.63, 3.8) is 0 Å². The van der Waals surface area contributed by atoms with Crippen molar-refractivity contribution in [2.75, 3.05) is 5.32 Å². The van der Waals surface area contributed by atoms with Crippen LogP contribution in [0.5, 0.6) is 0 Å². The first-order valence-corrected chi connectivity index (χ1v) is 6.30. The van der Waals surface area contributed by atoms with Crippen LogP contribution in [0.3, 0.4) is 0 Å². The number of hydrogen-bond donors (Lipinski definition) is 1. The number of benzene rings is 1. The predicted molar refractivity (Wildman–Crippen MR) is 75.0 cm³/mol. The number of allylic oxidation sites excluding steroid dienone is 1. The summed E-state index contributed by atoms with van der Waals surface area (Å²) in [5, 5.41) is 3.51. The number of furan rings is 1. The smallest absolute Gasteiger partial charge is 0.222 e. The highest BCUT2D eigenvalue weighted by atomic mass is 79.9. The topological polar surface area (TPSA) is 42.2 Å². The normalized spacial score (nSPS) is 10.8. The lowest BCUT2D eigenvalue weighted by molar-refractivity contribution is 0.102. The summed E-state index contributed by atoms with van der Waals surface area (Å²) >= 11 is 9.33. The zero-order valence-electron chi connectivity index (χ0n) is 9.19. The highest BCUT2D eigenvalue weighted by molar-refractivity contribution is 9.10. The fourth-order valence-electron chi connectivity index (χ4n) is 1.31. The molecule has 2 aromatic rings. The van der Waals surface area contributed by atoms with E-state index in [2.05, 4.69) is 21.2 Å². The third kappa shape index (κ3) is 3.24. The van der Waals surface area contributed by atoms with Crippen molar-refractivity contribution in [2.24, 2.45) is 0 Å². The second kappa shape index (κ2) is 5.89. The van der Waals surface area contributed by atoms with Gasteiger partial charge in [0.05, 0.1) is 17.0 Å². The van der Waals surface area contributed by atoms with Crippen LogP contribution in [0.1, 0.15) is 10.6 Å². The van der Waals surface area contributed by atoms with Gasteiger partial charge in [0.2, 0.25) is 5.78 Å². The standard InChI is InChI=1S/C13H9BrClNO2/c14-9-3-4-11(10(15)8-9)16-6-5-12(17)13-2-1-7-18-13/h1-8,16H. The molecular formula is C13H9BrClNO2. The van der Waals surface area contributed by atoms with E-state index < -0.39 is 0 Å². The average Bonchev–Trinajstić information content (AvgIpc) is 2.85. The molecule has 0 bridgehead atoms. The van der Waals surface area contributed by atoms with Gasteiger partial charge in [-0.05, 0) is 30.3 Å². The van der Waals surface area contributed by atoms with Crippen molar-refractivity contribution >= 4 is 39.0 Å². The Kier molecular flexibility index (Phi) is 4.23. The molecule has 0 fully saturated rings. The Morgan fingerprint density at radius 1 is 1.39 bits per heavy atom. The van der Waals surface area contributed by atoms with Gasteiger partial charge in [0.15, 0.2) is 5.76 Å². The van der Waals surface area contributed by atoms with Crippen LogP contribution in [-0.4, -0.2) is 5.78 Å². The zero-order chi connectivity index (χ0) is 13.0. The van der Waals surface area contributed by atoms with Gasteiger partial charge in [-0.1, -0.05) is 27.5 Å². The van der Waals surface area contributed by atoms with Gasteiger partial charge in [0.1, 0.15) is 0 Å². The van der Waals surface area contributed by atoms with Gasteiger partial charge in [0, 0.05) is 16.7 Å². The summed E-state index contributed by atoms with van der Waals surface area (Å²) in [4.78, 5) is 11.6. The molecule has 0 radical (unpaired) electrons. The third-order valence-electron chi connectivity index (χ3n) is 2.17. The molecule has 0 atom stereocenters. The van der Waals surface area contributed by atoms with Gasteiger partial charge in [-0.2, -0.15) is 0 Å². The van der Waals surface area contributed by atoms with Gasteiger partial charge in [-0.3, -0.25) is 4.79 Å². The molecule has 0 aliphatic heterocycles. The molecule has 0 aliphatic carbocycles. The number of rotatable bonds is 4. The molecule has 1 N–H and O–H groups in total. The molecule has 0 saturated heterocycles. The van der Waals surface area contributed by atoms with Gasteiger partial charge < -0.3 is 9.73 Å². The van der Waals surface area contributed by atoms with Crippen molar-refractivity contribution in [3.8, 4) is 0 Å². The van der Waals surface area contributed by atoms with Crippen LogP contribution >= 0.6 is 27.5 Å². The molecule has 0 saturated carbocycles. The maximum atomic E-state index is 11.6. The first kappa shape index (κ1) is 12.9. The van der Waals surface area contributed by atoms with Crippen LogP contribution < -0.4 is 5.32 Å². The van der Waals surface area contributed by atoms with Crippen molar-refractivity contribution in [2.45, 2.75) is 0 Å². The monoisotopic (exact) mass is 325 g/mol. The number of hydrogen-bond acceptors (Lipinski definition) is 3. The molecule has 1 heterocycles. The summed E-state index contributed by atoms with van der Waals surface area (Å²) in [6.07, 6.45) is 4.37. The molecule has 92 valence electrons. The minimum atomic E-state index is -0.208. The van der Waals surface area contributed by atoms with Crippen molar-refractivity contribution < 1.29 is 9.21 Å². The van der Waals surface area contributed by atoms with Gasteiger partial charge in [-0.15, -0.1) is 0 Å². The summed E-state index contributed by atoms with van der Waals surface area (Å²) < 4.78 is 5.87. The largest absolute Gasteiger partial charge is 0.461 e. The molecule has 1 aromatic carbocycles. The second-order valence-corrected chi connectivity index (χ2v) is 4.77. The summed E-state index contributed by atoms with van der Waals surface area (Å²) in [6, 6.07) is 8.72. The van der Waals surface area contributed by atoms with E-state index in [9.17, 15) is 4.79 Å². The fraction of sp³-hybridized carbons (Fsp3) is 0. The van der Waals surface area contributed by atoms with E-state index in [-0.39, 0.29) is 5.78 Å². The molecule has 18 heavy (non-hydrogen) atoms. The van der Waals surface area contributed by atoms with Crippen LogP contribution in [-0.2, 0) is 0 Å². The fourth-order valence-corrected chi connectivity index (χ4v) is 2.04. The van der Waals surface area contributed by atoms with E-state index in [4.69, 9.17) is 16.0 Å². The lowest BCUT2D eigenvalue weighted by Crippen LogP contribution is -1.94. The van der Waals surface area contributed by atoms with Crippen LogP contribution in [0.2, 0.25) is 5.02 Å². The first-order chi connectivity index (χ1) is 8.66. The molecule has 0 spiro atoms. The number of halogens is 2. The Hall–Kier alpha value is -1.52. The molecule has 1 aromatic heterocycles. The molecule has 0 amide bonds. The summed E-state index contributed by atoms with van der Waals surface area (Å²) in [7, 11) is 0. The lowest BCUT2D eigenvalue weighted by atomic mass is 10.3. The van der Waals surface area contributed by atoms with E-state index in [0.29, 0.717) is 10.8 Å². The van der Waals surface area contributed by atoms with Crippen molar-refractivity contribution in [1.29, 1.82) is 0 Å². The van der Waals surface area contributed by atoms with Gasteiger partial charge >= 0.3 is 0 Å². The SMILES string of the molecule is O=C(C=CNc1ccc(Br)cc1Cl)c1ccco1. The number of nitrogens with one attached hydrogen (secondary N) is 1. The average molecular weight is 327 g/mol. The minimum absolute atomic E-state index is 0.208. The maximum Gasteiger partial charge on any atom is 0.222 e. The predicted octanol–water partition coefficient (Wildman–Crippen LogP) is 4.50. The Labute approximate surface area is 118 Å².